The first-order valence-corrected chi connectivity index (χ1v) is 7.79. The van der Waals surface area contributed by atoms with Crippen LogP contribution in [0.25, 0.3) is 0 Å². The largest absolute Gasteiger partial charge is 0.493 e. The SMILES string of the molecule is COC(C)(C)CCOc1cccc(N2CCCC(N)C2)c1. The van der Waals surface area contributed by atoms with Gasteiger partial charge in [0.25, 0.3) is 0 Å². The average molecular weight is 292 g/mol. The molecule has 0 radical (unpaired) electrons. The molecule has 0 amide bonds. The topological polar surface area (TPSA) is 47.7 Å². The van der Waals surface area contributed by atoms with Gasteiger partial charge in [-0.1, -0.05) is 6.07 Å². The Morgan fingerprint density at radius 1 is 1.38 bits per heavy atom. The smallest absolute Gasteiger partial charge is 0.121 e. The molecular weight excluding hydrogens is 264 g/mol. The first-order chi connectivity index (χ1) is 10.00. The number of nitrogens with two attached hydrogens (primary N) is 1. The maximum Gasteiger partial charge on any atom is 0.121 e. The minimum Gasteiger partial charge on any atom is -0.493 e. The van der Waals surface area contributed by atoms with Crippen molar-refractivity contribution in [3.05, 3.63) is 24.3 Å². The zero-order chi connectivity index (χ0) is 15.3. The molecule has 118 valence electrons. The van der Waals surface area contributed by atoms with Crippen molar-refractivity contribution in [2.24, 2.45) is 5.73 Å². The summed E-state index contributed by atoms with van der Waals surface area (Å²) in [4.78, 5) is 2.35. The predicted molar refractivity (Wildman–Crippen MR) is 87.1 cm³/mol. The lowest BCUT2D eigenvalue weighted by Crippen LogP contribution is -2.42. The third-order valence-electron chi connectivity index (χ3n) is 4.17. The summed E-state index contributed by atoms with van der Waals surface area (Å²) in [5.74, 6) is 0.915. The molecule has 1 heterocycles. The van der Waals surface area contributed by atoms with Crippen LogP contribution in [-0.2, 0) is 4.74 Å². The number of rotatable bonds is 6. The van der Waals surface area contributed by atoms with E-state index in [9.17, 15) is 0 Å². The Kier molecular flexibility index (Phi) is 5.48. The van der Waals surface area contributed by atoms with Gasteiger partial charge >= 0.3 is 0 Å². The summed E-state index contributed by atoms with van der Waals surface area (Å²) >= 11 is 0. The van der Waals surface area contributed by atoms with Gasteiger partial charge in [-0.2, -0.15) is 0 Å². The van der Waals surface area contributed by atoms with E-state index >= 15 is 0 Å². The van der Waals surface area contributed by atoms with E-state index in [0.717, 1.165) is 38.1 Å². The lowest BCUT2D eigenvalue weighted by molar-refractivity contribution is 0.00546. The molecule has 1 unspecified atom stereocenters. The van der Waals surface area contributed by atoms with E-state index in [4.69, 9.17) is 15.2 Å². The van der Waals surface area contributed by atoms with Crippen LogP contribution in [0.5, 0.6) is 5.75 Å². The Bertz CT molecular complexity index is 448. The van der Waals surface area contributed by atoms with Crippen LogP contribution < -0.4 is 15.4 Å². The molecule has 2 N–H and O–H groups in total. The highest BCUT2D eigenvalue weighted by molar-refractivity contribution is 5.51. The summed E-state index contributed by atoms with van der Waals surface area (Å²) < 4.78 is 11.3. The Balaban J connectivity index is 1.91. The molecule has 0 aromatic heterocycles. The molecule has 21 heavy (non-hydrogen) atoms. The molecule has 4 heteroatoms. The van der Waals surface area contributed by atoms with Crippen LogP contribution in [0.3, 0.4) is 0 Å². The third kappa shape index (κ3) is 4.90. The van der Waals surface area contributed by atoms with Gasteiger partial charge in [0.05, 0.1) is 12.2 Å². The molecule has 4 nitrogen and oxygen atoms in total. The number of hydrogen-bond acceptors (Lipinski definition) is 4. The quantitative estimate of drug-likeness (QED) is 0.876. The van der Waals surface area contributed by atoms with Crippen molar-refractivity contribution in [2.45, 2.75) is 44.8 Å². The second-order valence-corrected chi connectivity index (χ2v) is 6.41. The van der Waals surface area contributed by atoms with E-state index < -0.39 is 0 Å². The molecule has 0 saturated carbocycles. The van der Waals surface area contributed by atoms with Crippen LogP contribution in [-0.4, -0.2) is 38.4 Å². The lowest BCUT2D eigenvalue weighted by atomic mass is 10.1. The number of nitrogens with zero attached hydrogens (tertiary/aromatic N) is 1. The summed E-state index contributed by atoms with van der Waals surface area (Å²) in [5, 5.41) is 0. The number of piperidine rings is 1. The summed E-state index contributed by atoms with van der Waals surface area (Å²) in [6.45, 7) is 6.81. The first kappa shape index (κ1) is 16.1. The molecule has 1 aliphatic rings. The van der Waals surface area contributed by atoms with Gasteiger partial charge < -0.3 is 20.1 Å². The van der Waals surface area contributed by atoms with E-state index in [1.54, 1.807) is 7.11 Å². The van der Waals surface area contributed by atoms with E-state index in [1.807, 2.05) is 12.1 Å². The maximum absolute atomic E-state index is 6.06. The third-order valence-corrected chi connectivity index (χ3v) is 4.17. The molecule has 0 aliphatic carbocycles. The highest BCUT2D eigenvalue weighted by Gasteiger charge is 2.18. The summed E-state index contributed by atoms with van der Waals surface area (Å²) in [7, 11) is 1.74. The summed E-state index contributed by atoms with van der Waals surface area (Å²) in [6.07, 6.45) is 3.15. The first-order valence-electron chi connectivity index (χ1n) is 7.79. The van der Waals surface area contributed by atoms with Crippen LogP contribution in [0.15, 0.2) is 24.3 Å². The fourth-order valence-electron chi connectivity index (χ4n) is 2.53. The van der Waals surface area contributed by atoms with E-state index in [0.29, 0.717) is 6.61 Å². The second-order valence-electron chi connectivity index (χ2n) is 6.41. The minimum atomic E-state index is -0.142. The number of hydrogen-bond donors (Lipinski definition) is 1. The van der Waals surface area contributed by atoms with E-state index in [-0.39, 0.29) is 11.6 Å². The molecular formula is C17H28N2O2. The van der Waals surface area contributed by atoms with E-state index in [2.05, 4.69) is 30.9 Å². The Hall–Kier alpha value is -1.26. The monoisotopic (exact) mass is 292 g/mol. The van der Waals surface area contributed by atoms with Gasteiger partial charge in [-0.3, -0.25) is 0 Å². The van der Waals surface area contributed by atoms with Gasteiger partial charge in [-0.05, 0) is 38.8 Å². The molecule has 0 spiro atoms. The predicted octanol–water partition coefficient (Wildman–Crippen LogP) is 2.81. The second kappa shape index (κ2) is 7.14. The van der Waals surface area contributed by atoms with Gasteiger partial charge in [0.1, 0.15) is 5.75 Å². The molecule has 0 bridgehead atoms. The maximum atomic E-state index is 6.06. The highest BCUT2D eigenvalue weighted by Crippen LogP contribution is 2.24. The molecule has 1 aromatic carbocycles. The van der Waals surface area contributed by atoms with Gasteiger partial charge in [-0.25, -0.2) is 0 Å². The molecule has 1 aromatic rings. The van der Waals surface area contributed by atoms with Crippen molar-refractivity contribution < 1.29 is 9.47 Å². The fraction of sp³-hybridized carbons (Fsp3) is 0.647. The van der Waals surface area contributed by atoms with E-state index in [1.165, 1.54) is 5.69 Å². The molecule has 2 rings (SSSR count). The van der Waals surface area contributed by atoms with Crippen molar-refractivity contribution in [1.82, 2.24) is 0 Å². The van der Waals surface area contributed by atoms with Gasteiger partial charge in [-0.15, -0.1) is 0 Å². The summed E-state index contributed by atoms with van der Waals surface area (Å²) in [6, 6.07) is 8.58. The Morgan fingerprint density at radius 3 is 2.90 bits per heavy atom. The van der Waals surface area contributed by atoms with Crippen molar-refractivity contribution in [1.29, 1.82) is 0 Å². The Morgan fingerprint density at radius 2 is 2.19 bits per heavy atom. The van der Waals surface area contributed by atoms with Crippen LogP contribution >= 0.6 is 0 Å². The van der Waals surface area contributed by atoms with Crippen molar-refractivity contribution in [3.8, 4) is 5.75 Å². The lowest BCUT2D eigenvalue weighted by Gasteiger charge is -2.32. The van der Waals surface area contributed by atoms with Crippen molar-refractivity contribution in [2.75, 3.05) is 31.7 Å². The van der Waals surface area contributed by atoms with Crippen LogP contribution in [0, 0.1) is 0 Å². The van der Waals surface area contributed by atoms with Gasteiger partial charge in [0, 0.05) is 44.4 Å². The highest BCUT2D eigenvalue weighted by atomic mass is 16.5. The standard InChI is InChI=1S/C17H28N2O2/c1-17(2,20-3)9-11-21-16-8-4-7-15(12-16)19-10-5-6-14(18)13-19/h4,7-8,12,14H,5-6,9-11,13,18H2,1-3H3. The minimum absolute atomic E-state index is 0.142. The number of anilines is 1. The van der Waals surface area contributed by atoms with Crippen LogP contribution in [0.1, 0.15) is 33.1 Å². The average Bonchev–Trinajstić information content (AvgIpc) is 2.47. The van der Waals surface area contributed by atoms with Crippen LogP contribution in [0.4, 0.5) is 5.69 Å². The normalized spacial score (nSPS) is 19.6. The molecule has 1 fully saturated rings. The number of methoxy groups -OCH3 is 1. The van der Waals surface area contributed by atoms with Crippen LogP contribution in [0.2, 0.25) is 0 Å². The summed E-state index contributed by atoms with van der Waals surface area (Å²) in [5.41, 5.74) is 7.12. The zero-order valence-electron chi connectivity index (χ0n) is 13.5. The molecule has 1 aliphatic heterocycles. The fourth-order valence-corrected chi connectivity index (χ4v) is 2.53. The number of benzene rings is 1. The number of ether oxygens (including phenoxy) is 2. The van der Waals surface area contributed by atoms with Gasteiger partial charge in [0.2, 0.25) is 0 Å². The molecule has 1 saturated heterocycles. The van der Waals surface area contributed by atoms with Gasteiger partial charge in [0.15, 0.2) is 0 Å². The van der Waals surface area contributed by atoms with Crippen molar-refractivity contribution in [3.63, 3.8) is 0 Å². The Labute approximate surface area is 128 Å². The molecule has 1 atom stereocenters. The van der Waals surface area contributed by atoms with Crippen molar-refractivity contribution >= 4 is 5.69 Å². The zero-order valence-corrected chi connectivity index (χ0v) is 13.5.